The lowest BCUT2D eigenvalue weighted by Gasteiger charge is -2.27. The van der Waals surface area contributed by atoms with E-state index in [0.717, 1.165) is 11.4 Å². The number of methoxy groups -OCH3 is 1. The van der Waals surface area contributed by atoms with Gasteiger partial charge in [0.25, 0.3) is 5.91 Å². The van der Waals surface area contributed by atoms with Crippen LogP contribution in [0.4, 0.5) is 11.4 Å². The molecule has 0 bridgehead atoms. The number of aromatic nitrogens is 2. The van der Waals surface area contributed by atoms with Crippen molar-refractivity contribution in [2.24, 2.45) is 0 Å². The topological polar surface area (TPSA) is 80.7 Å². The molecule has 3 rings (SSSR count). The van der Waals surface area contributed by atoms with Gasteiger partial charge in [-0.25, -0.2) is 0 Å². The van der Waals surface area contributed by atoms with Crippen LogP contribution in [0.15, 0.2) is 30.5 Å². The van der Waals surface area contributed by atoms with Crippen molar-refractivity contribution in [1.29, 1.82) is 0 Å². The first-order valence-electron chi connectivity index (χ1n) is 8.77. The van der Waals surface area contributed by atoms with E-state index in [2.05, 4.69) is 15.7 Å². The second-order valence-electron chi connectivity index (χ2n) is 5.94. The van der Waals surface area contributed by atoms with Crippen LogP contribution in [0.3, 0.4) is 0 Å². The normalized spacial score (nSPS) is 13.9. The average Bonchev–Trinajstić information content (AvgIpc) is 3.10. The number of rotatable bonds is 5. The van der Waals surface area contributed by atoms with Crippen LogP contribution in [0, 0.1) is 0 Å². The van der Waals surface area contributed by atoms with Crippen LogP contribution < -0.4 is 15.4 Å². The number of hydrogen-bond donors (Lipinski definition) is 2. The van der Waals surface area contributed by atoms with Gasteiger partial charge in [-0.2, -0.15) is 5.10 Å². The van der Waals surface area contributed by atoms with Crippen molar-refractivity contribution in [3.63, 3.8) is 0 Å². The summed E-state index contributed by atoms with van der Waals surface area (Å²) in [4.78, 5) is 14.7. The van der Waals surface area contributed by atoms with E-state index >= 15 is 0 Å². The predicted molar refractivity (Wildman–Crippen MR) is 107 cm³/mol. The number of thiocarbonyl (C=S) groups is 1. The van der Waals surface area contributed by atoms with Gasteiger partial charge in [-0.1, -0.05) is 6.07 Å². The molecule has 0 radical (unpaired) electrons. The third-order valence-electron chi connectivity index (χ3n) is 4.22. The molecular weight excluding hydrogens is 366 g/mol. The highest BCUT2D eigenvalue weighted by Gasteiger charge is 2.25. The highest BCUT2D eigenvalue weighted by atomic mass is 32.1. The van der Waals surface area contributed by atoms with E-state index in [9.17, 15) is 4.79 Å². The smallest absolute Gasteiger partial charge is 0.274 e. The number of benzene rings is 1. The maximum Gasteiger partial charge on any atom is 0.274 e. The van der Waals surface area contributed by atoms with Crippen molar-refractivity contribution in [3.05, 3.63) is 36.2 Å². The Morgan fingerprint density at radius 2 is 2.11 bits per heavy atom. The molecule has 0 saturated carbocycles. The van der Waals surface area contributed by atoms with Gasteiger partial charge < -0.3 is 25.0 Å². The van der Waals surface area contributed by atoms with Gasteiger partial charge in [0, 0.05) is 31.4 Å². The quantitative estimate of drug-likeness (QED) is 0.759. The summed E-state index contributed by atoms with van der Waals surface area (Å²) in [6.45, 7) is 4.76. The molecule has 0 spiro atoms. The number of morpholine rings is 1. The van der Waals surface area contributed by atoms with Crippen LogP contribution in [-0.2, 0) is 11.3 Å². The second kappa shape index (κ2) is 8.83. The molecule has 9 heteroatoms. The third-order valence-corrected chi connectivity index (χ3v) is 4.42. The number of hydrogen-bond acceptors (Lipinski definition) is 5. The zero-order valence-electron chi connectivity index (χ0n) is 15.4. The number of amides is 1. The molecule has 0 unspecified atom stereocenters. The fourth-order valence-corrected chi connectivity index (χ4v) is 3.07. The highest BCUT2D eigenvalue weighted by molar-refractivity contribution is 7.80. The number of aryl methyl sites for hydroxylation is 1. The number of nitrogens with one attached hydrogen (secondary N) is 2. The molecule has 144 valence electrons. The number of nitrogens with zero attached hydrogens (tertiary/aromatic N) is 3. The minimum absolute atomic E-state index is 0.0793. The predicted octanol–water partition coefficient (Wildman–Crippen LogP) is 2.19. The van der Waals surface area contributed by atoms with E-state index < -0.39 is 0 Å². The maximum atomic E-state index is 13.0. The zero-order chi connectivity index (χ0) is 19.2. The molecule has 1 aromatic heterocycles. The summed E-state index contributed by atoms with van der Waals surface area (Å²) < 4.78 is 12.2. The Kier molecular flexibility index (Phi) is 6.25. The highest BCUT2D eigenvalue weighted by Crippen LogP contribution is 2.20. The SMILES string of the molecule is CCn1ncc(NC(=S)Nc2cccc(OC)c2)c1C(=O)N1CCOCC1. The minimum atomic E-state index is -0.0793. The Balaban J connectivity index is 1.75. The van der Waals surface area contributed by atoms with E-state index in [0.29, 0.717) is 49.3 Å². The van der Waals surface area contributed by atoms with Gasteiger partial charge in [0.1, 0.15) is 11.4 Å². The van der Waals surface area contributed by atoms with Gasteiger partial charge in [-0.05, 0) is 31.3 Å². The van der Waals surface area contributed by atoms with Crippen molar-refractivity contribution in [2.45, 2.75) is 13.5 Å². The first-order chi connectivity index (χ1) is 13.1. The number of carbonyl (C=O) groups is 1. The molecule has 0 atom stereocenters. The van der Waals surface area contributed by atoms with Crippen LogP contribution in [-0.4, -0.2) is 59.1 Å². The fraction of sp³-hybridized carbons (Fsp3) is 0.389. The molecule has 1 aliphatic heterocycles. The summed E-state index contributed by atoms with van der Waals surface area (Å²) in [5.74, 6) is 0.647. The summed E-state index contributed by atoms with van der Waals surface area (Å²) in [5, 5.41) is 10.9. The molecule has 1 saturated heterocycles. The standard InChI is InChI=1S/C18H23N5O3S/c1-3-23-16(17(24)22-7-9-26-10-8-22)15(12-19-23)21-18(27)20-13-5-4-6-14(11-13)25-2/h4-6,11-12H,3,7-10H2,1-2H3,(H2,20,21,27). The molecule has 2 aromatic rings. The van der Waals surface area contributed by atoms with Crippen LogP contribution in [0.5, 0.6) is 5.75 Å². The van der Waals surface area contributed by atoms with E-state index in [4.69, 9.17) is 21.7 Å². The van der Waals surface area contributed by atoms with Crippen molar-refractivity contribution in [2.75, 3.05) is 44.0 Å². The van der Waals surface area contributed by atoms with Crippen LogP contribution in [0.2, 0.25) is 0 Å². The zero-order valence-corrected chi connectivity index (χ0v) is 16.2. The van der Waals surface area contributed by atoms with Gasteiger partial charge in [0.05, 0.1) is 32.2 Å². The van der Waals surface area contributed by atoms with Crippen LogP contribution >= 0.6 is 12.2 Å². The van der Waals surface area contributed by atoms with Gasteiger partial charge in [0.15, 0.2) is 5.11 Å². The summed E-state index contributed by atoms with van der Waals surface area (Å²) in [7, 11) is 1.61. The Hall–Kier alpha value is -2.65. The summed E-state index contributed by atoms with van der Waals surface area (Å²) in [6.07, 6.45) is 1.62. The van der Waals surface area contributed by atoms with E-state index in [-0.39, 0.29) is 5.91 Å². The number of carbonyl (C=O) groups excluding carboxylic acids is 1. The first-order valence-corrected chi connectivity index (χ1v) is 9.18. The molecule has 27 heavy (non-hydrogen) atoms. The Morgan fingerprint density at radius 3 is 2.81 bits per heavy atom. The molecule has 2 heterocycles. The van der Waals surface area contributed by atoms with E-state index in [1.807, 2.05) is 31.2 Å². The lowest BCUT2D eigenvalue weighted by Crippen LogP contribution is -2.41. The van der Waals surface area contributed by atoms with Gasteiger partial charge in [0.2, 0.25) is 0 Å². The molecule has 1 aromatic carbocycles. The van der Waals surface area contributed by atoms with E-state index in [1.165, 1.54) is 0 Å². The molecule has 1 fully saturated rings. The van der Waals surface area contributed by atoms with Crippen molar-refractivity contribution in [1.82, 2.24) is 14.7 Å². The molecule has 2 N–H and O–H groups in total. The largest absolute Gasteiger partial charge is 0.497 e. The maximum absolute atomic E-state index is 13.0. The fourth-order valence-electron chi connectivity index (χ4n) is 2.84. The summed E-state index contributed by atoms with van der Waals surface area (Å²) in [6, 6.07) is 7.44. The average molecular weight is 389 g/mol. The van der Waals surface area contributed by atoms with Gasteiger partial charge in [-0.3, -0.25) is 9.48 Å². The third kappa shape index (κ3) is 4.55. The van der Waals surface area contributed by atoms with Crippen LogP contribution in [0.1, 0.15) is 17.4 Å². The summed E-state index contributed by atoms with van der Waals surface area (Å²) >= 11 is 5.40. The Morgan fingerprint density at radius 1 is 1.33 bits per heavy atom. The molecule has 0 aliphatic carbocycles. The second-order valence-corrected chi connectivity index (χ2v) is 6.35. The first kappa shape index (κ1) is 19.1. The molecule has 1 amide bonds. The molecule has 1 aliphatic rings. The molecular formula is C18H23N5O3S. The Bertz CT molecular complexity index is 817. The minimum Gasteiger partial charge on any atom is -0.497 e. The van der Waals surface area contributed by atoms with E-state index in [1.54, 1.807) is 22.9 Å². The number of ether oxygens (including phenoxy) is 2. The van der Waals surface area contributed by atoms with Crippen molar-refractivity contribution in [3.8, 4) is 5.75 Å². The van der Waals surface area contributed by atoms with Gasteiger partial charge >= 0.3 is 0 Å². The van der Waals surface area contributed by atoms with Crippen LogP contribution in [0.25, 0.3) is 0 Å². The van der Waals surface area contributed by atoms with Crippen molar-refractivity contribution < 1.29 is 14.3 Å². The Labute approximate surface area is 163 Å². The number of anilines is 2. The molecule has 8 nitrogen and oxygen atoms in total. The van der Waals surface area contributed by atoms with Crippen molar-refractivity contribution >= 4 is 34.6 Å². The monoisotopic (exact) mass is 389 g/mol. The lowest BCUT2D eigenvalue weighted by molar-refractivity contribution is 0.0295. The van der Waals surface area contributed by atoms with Gasteiger partial charge in [-0.15, -0.1) is 0 Å². The lowest BCUT2D eigenvalue weighted by atomic mass is 10.3. The summed E-state index contributed by atoms with van der Waals surface area (Å²) in [5.41, 5.74) is 1.86.